The molecule has 0 spiro atoms. The van der Waals surface area contributed by atoms with Gasteiger partial charge in [-0.2, -0.15) is 0 Å². The molecule has 0 saturated carbocycles. The first kappa shape index (κ1) is 19.0. The van der Waals surface area contributed by atoms with Crippen molar-refractivity contribution in [2.24, 2.45) is 0 Å². The minimum atomic E-state index is -0.695. The number of hydrogen-bond donors (Lipinski definition) is 1. The van der Waals surface area contributed by atoms with Crippen molar-refractivity contribution in [2.45, 2.75) is 52.1 Å². The summed E-state index contributed by atoms with van der Waals surface area (Å²) in [5, 5.41) is 2.63. The SMILES string of the molecule is CC(C)(C)OC(=O)NCCCOC(=O)C(C)(C)c1ccccc1. The topological polar surface area (TPSA) is 64.6 Å². The molecule has 1 rings (SSSR count). The van der Waals surface area contributed by atoms with Crippen LogP contribution in [0.1, 0.15) is 46.6 Å². The first-order valence-electron chi connectivity index (χ1n) is 7.82. The second-order valence-corrected chi connectivity index (χ2v) is 6.91. The Hall–Kier alpha value is -2.04. The summed E-state index contributed by atoms with van der Waals surface area (Å²) >= 11 is 0. The highest BCUT2D eigenvalue weighted by Gasteiger charge is 2.31. The first-order chi connectivity index (χ1) is 10.6. The van der Waals surface area contributed by atoms with E-state index in [1.807, 2.05) is 44.2 Å². The van der Waals surface area contributed by atoms with Crippen molar-refractivity contribution < 1.29 is 19.1 Å². The van der Waals surface area contributed by atoms with Crippen LogP contribution in [0, 0.1) is 0 Å². The summed E-state index contributed by atoms with van der Waals surface area (Å²) in [7, 11) is 0. The summed E-state index contributed by atoms with van der Waals surface area (Å²) in [5.41, 5.74) is -0.298. The van der Waals surface area contributed by atoms with E-state index in [0.29, 0.717) is 13.0 Å². The smallest absolute Gasteiger partial charge is 0.407 e. The molecular formula is C18H27NO4. The van der Waals surface area contributed by atoms with Gasteiger partial charge in [0.05, 0.1) is 12.0 Å². The highest BCUT2D eigenvalue weighted by Crippen LogP contribution is 2.24. The van der Waals surface area contributed by atoms with Crippen LogP contribution >= 0.6 is 0 Å². The van der Waals surface area contributed by atoms with E-state index in [2.05, 4.69) is 5.32 Å². The van der Waals surface area contributed by atoms with E-state index in [0.717, 1.165) is 5.56 Å². The molecule has 23 heavy (non-hydrogen) atoms. The monoisotopic (exact) mass is 321 g/mol. The van der Waals surface area contributed by atoms with E-state index in [4.69, 9.17) is 9.47 Å². The standard InChI is InChI=1S/C18H27NO4/c1-17(2,3)23-16(21)19-12-9-13-22-15(20)18(4,5)14-10-7-6-8-11-14/h6-8,10-11H,9,12-13H2,1-5H3,(H,19,21). The van der Waals surface area contributed by atoms with Crippen LogP contribution in [-0.4, -0.2) is 30.8 Å². The summed E-state index contributed by atoms with van der Waals surface area (Å²) in [6, 6.07) is 9.52. The molecule has 128 valence electrons. The van der Waals surface area contributed by atoms with Crippen LogP contribution in [0.2, 0.25) is 0 Å². The third kappa shape index (κ3) is 6.72. The number of alkyl carbamates (subject to hydrolysis) is 1. The van der Waals surface area contributed by atoms with Crippen LogP contribution in [0.15, 0.2) is 30.3 Å². The van der Waals surface area contributed by atoms with Gasteiger partial charge in [-0.15, -0.1) is 0 Å². The van der Waals surface area contributed by atoms with Crippen LogP contribution < -0.4 is 5.32 Å². The van der Waals surface area contributed by atoms with Crippen molar-refractivity contribution in [3.63, 3.8) is 0 Å². The number of nitrogens with one attached hydrogen (secondary N) is 1. The molecule has 0 heterocycles. The number of esters is 1. The molecule has 1 aromatic carbocycles. The molecule has 0 aliphatic rings. The summed E-state index contributed by atoms with van der Waals surface area (Å²) in [4.78, 5) is 23.7. The summed E-state index contributed by atoms with van der Waals surface area (Å²) in [5.74, 6) is -0.277. The molecule has 0 aromatic heterocycles. The number of carbonyl (C=O) groups excluding carboxylic acids is 2. The van der Waals surface area contributed by atoms with Crippen molar-refractivity contribution in [3.05, 3.63) is 35.9 Å². The lowest BCUT2D eigenvalue weighted by Gasteiger charge is -2.23. The number of ether oxygens (including phenoxy) is 2. The highest BCUT2D eigenvalue weighted by atomic mass is 16.6. The lowest BCUT2D eigenvalue weighted by molar-refractivity contribution is -0.149. The number of rotatable bonds is 6. The second kappa shape index (κ2) is 7.99. The van der Waals surface area contributed by atoms with Crippen molar-refractivity contribution >= 4 is 12.1 Å². The molecule has 1 N–H and O–H groups in total. The molecule has 0 saturated heterocycles. The van der Waals surface area contributed by atoms with Crippen molar-refractivity contribution in [1.29, 1.82) is 0 Å². The summed E-state index contributed by atoms with van der Waals surface area (Å²) in [6.07, 6.45) is 0.0731. The molecule has 0 bridgehead atoms. The quantitative estimate of drug-likeness (QED) is 0.644. The zero-order valence-corrected chi connectivity index (χ0v) is 14.6. The molecular weight excluding hydrogens is 294 g/mol. The van der Waals surface area contributed by atoms with E-state index >= 15 is 0 Å². The zero-order chi connectivity index (χ0) is 17.5. The van der Waals surface area contributed by atoms with E-state index in [1.54, 1.807) is 20.8 Å². The number of carbonyl (C=O) groups is 2. The maximum atomic E-state index is 12.2. The summed E-state index contributed by atoms with van der Waals surface area (Å²) < 4.78 is 10.4. The predicted molar refractivity (Wildman–Crippen MR) is 89.3 cm³/mol. The third-order valence-corrected chi connectivity index (χ3v) is 3.23. The third-order valence-electron chi connectivity index (χ3n) is 3.23. The lowest BCUT2D eigenvalue weighted by Crippen LogP contribution is -2.34. The Labute approximate surface area is 138 Å². The van der Waals surface area contributed by atoms with Crippen LogP contribution in [0.3, 0.4) is 0 Å². The average molecular weight is 321 g/mol. The van der Waals surface area contributed by atoms with Crippen LogP contribution in [0.4, 0.5) is 4.79 Å². The molecule has 0 fully saturated rings. The van der Waals surface area contributed by atoms with Gasteiger partial charge in [-0.3, -0.25) is 4.79 Å². The molecule has 0 aliphatic heterocycles. The first-order valence-corrected chi connectivity index (χ1v) is 7.82. The van der Waals surface area contributed by atoms with Gasteiger partial charge in [0, 0.05) is 6.54 Å². The molecule has 0 unspecified atom stereocenters. The van der Waals surface area contributed by atoms with Gasteiger partial charge in [0.25, 0.3) is 0 Å². The molecule has 0 aliphatic carbocycles. The van der Waals surface area contributed by atoms with Gasteiger partial charge in [0.1, 0.15) is 5.60 Å². The van der Waals surface area contributed by atoms with E-state index in [1.165, 1.54) is 0 Å². The van der Waals surface area contributed by atoms with Gasteiger partial charge in [0.2, 0.25) is 0 Å². The fourth-order valence-corrected chi connectivity index (χ4v) is 1.89. The second-order valence-electron chi connectivity index (χ2n) is 6.91. The zero-order valence-electron chi connectivity index (χ0n) is 14.6. The van der Waals surface area contributed by atoms with Crippen LogP contribution in [0.25, 0.3) is 0 Å². The summed E-state index contributed by atoms with van der Waals surface area (Å²) in [6.45, 7) is 9.74. The van der Waals surface area contributed by atoms with E-state index in [9.17, 15) is 9.59 Å². The Morgan fingerprint density at radius 2 is 1.65 bits per heavy atom. The molecule has 1 aromatic rings. The van der Waals surface area contributed by atoms with Crippen molar-refractivity contribution in [3.8, 4) is 0 Å². The molecule has 0 radical (unpaired) electrons. The predicted octanol–water partition coefficient (Wildman–Crippen LogP) is 3.42. The van der Waals surface area contributed by atoms with Gasteiger partial charge in [-0.05, 0) is 46.6 Å². The fraction of sp³-hybridized carbons (Fsp3) is 0.556. The minimum Gasteiger partial charge on any atom is -0.465 e. The Balaban J connectivity index is 2.31. The van der Waals surface area contributed by atoms with Gasteiger partial charge >= 0.3 is 12.1 Å². The number of hydrogen-bond acceptors (Lipinski definition) is 4. The minimum absolute atomic E-state index is 0.255. The fourth-order valence-electron chi connectivity index (χ4n) is 1.89. The lowest BCUT2D eigenvalue weighted by atomic mass is 9.85. The van der Waals surface area contributed by atoms with Gasteiger partial charge in [-0.1, -0.05) is 30.3 Å². The van der Waals surface area contributed by atoms with Gasteiger partial charge < -0.3 is 14.8 Å². The van der Waals surface area contributed by atoms with Gasteiger partial charge in [-0.25, -0.2) is 4.79 Å². The van der Waals surface area contributed by atoms with Crippen LogP contribution in [-0.2, 0) is 19.7 Å². The Morgan fingerprint density at radius 1 is 1.04 bits per heavy atom. The van der Waals surface area contributed by atoms with E-state index in [-0.39, 0.29) is 12.6 Å². The van der Waals surface area contributed by atoms with E-state index < -0.39 is 17.1 Å². The largest absolute Gasteiger partial charge is 0.465 e. The Bertz CT molecular complexity index is 518. The van der Waals surface area contributed by atoms with Crippen LogP contribution in [0.5, 0.6) is 0 Å². The maximum absolute atomic E-state index is 12.2. The van der Waals surface area contributed by atoms with Crippen molar-refractivity contribution in [1.82, 2.24) is 5.32 Å². The Morgan fingerprint density at radius 3 is 2.22 bits per heavy atom. The molecule has 5 nitrogen and oxygen atoms in total. The molecule has 0 atom stereocenters. The van der Waals surface area contributed by atoms with Gasteiger partial charge in [0.15, 0.2) is 0 Å². The molecule has 5 heteroatoms. The van der Waals surface area contributed by atoms with Crippen molar-refractivity contribution in [2.75, 3.05) is 13.2 Å². The highest BCUT2D eigenvalue weighted by molar-refractivity contribution is 5.82. The average Bonchev–Trinajstić information content (AvgIpc) is 2.45. The number of amides is 1. The maximum Gasteiger partial charge on any atom is 0.407 e. The normalized spacial score (nSPS) is 11.7. The molecule has 1 amide bonds. The Kier molecular flexibility index (Phi) is 6.61. The number of benzene rings is 1.